The smallest absolute Gasteiger partial charge is 0.254 e. The summed E-state index contributed by atoms with van der Waals surface area (Å²) in [6, 6.07) is 5.92. The quantitative estimate of drug-likeness (QED) is 0.462. The first-order chi connectivity index (χ1) is 17.8. The van der Waals surface area contributed by atoms with Gasteiger partial charge in [-0.1, -0.05) is 0 Å². The lowest BCUT2D eigenvalue weighted by molar-refractivity contribution is 0.0605. The Hall–Kier alpha value is -3.42. The van der Waals surface area contributed by atoms with E-state index in [1.807, 2.05) is 42.4 Å². The maximum Gasteiger partial charge on any atom is 0.254 e. The standard InChI is InChI=1S/C29H38N6O2/c1-18-14-26(37-6)19(2)13-23(18)29(36)34-11-8-7-9-25(34)24-15-27-31-28(20(3)16-35(27)32-24)33-12-10-22(17-33)21(4)30-5/h13-16,22,25H,7-12,17H2,1-6H3. The van der Waals surface area contributed by atoms with Crippen molar-refractivity contribution in [2.45, 2.75) is 59.4 Å². The molecule has 37 heavy (non-hydrogen) atoms. The van der Waals surface area contributed by atoms with Crippen LogP contribution in [0.2, 0.25) is 0 Å². The average Bonchev–Trinajstić information content (AvgIpc) is 3.55. The molecular formula is C29H38N6O2. The summed E-state index contributed by atoms with van der Waals surface area (Å²) in [4.78, 5) is 27.6. The van der Waals surface area contributed by atoms with Crippen molar-refractivity contribution >= 4 is 23.1 Å². The lowest BCUT2D eigenvalue weighted by Crippen LogP contribution is -2.39. The molecule has 0 N–H and O–H groups in total. The Bertz CT molecular complexity index is 1360. The summed E-state index contributed by atoms with van der Waals surface area (Å²) >= 11 is 0. The number of nitrogens with zero attached hydrogens (tertiary/aromatic N) is 6. The van der Waals surface area contributed by atoms with Crippen LogP contribution in [-0.4, -0.2) is 64.9 Å². The van der Waals surface area contributed by atoms with Crippen molar-refractivity contribution in [2.75, 3.05) is 38.7 Å². The molecule has 5 rings (SSSR count). The Kier molecular flexibility index (Phi) is 6.92. The summed E-state index contributed by atoms with van der Waals surface area (Å²) in [7, 11) is 3.54. The molecule has 2 aliphatic heterocycles. The van der Waals surface area contributed by atoms with Crippen LogP contribution in [0.3, 0.4) is 0 Å². The van der Waals surface area contributed by atoms with Crippen LogP contribution < -0.4 is 9.64 Å². The zero-order chi connectivity index (χ0) is 26.3. The van der Waals surface area contributed by atoms with E-state index < -0.39 is 0 Å². The van der Waals surface area contributed by atoms with Gasteiger partial charge >= 0.3 is 0 Å². The molecule has 1 aromatic carbocycles. The molecule has 0 saturated carbocycles. The predicted octanol–water partition coefficient (Wildman–Crippen LogP) is 4.95. The highest BCUT2D eigenvalue weighted by atomic mass is 16.5. The Labute approximate surface area is 219 Å². The predicted molar refractivity (Wildman–Crippen MR) is 147 cm³/mol. The number of ether oxygens (including phenoxy) is 1. The average molecular weight is 503 g/mol. The summed E-state index contributed by atoms with van der Waals surface area (Å²) in [5, 5.41) is 4.92. The number of carbonyl (C=O) groups is 1. The highest BCUT2D eigenvalue weighted by molar-refractivity contribution is 5.96. The van der Waals surface area contributed by atoms with E-state index >= 15 is 0 Å². The molecule has 3 aromatic rings. The van der Waals surface area contributed by atoms with Crippen LogP contribution in [0.5, 0.6) is 5.75 Å². The lowest BCUT2D eigenvalue weighted by atomic mass is 9.96. The van der Waals surface area contributed by atoms with E-state index in [-0.39, 0.29) is 11.9 Å². The minimum Gasteiger partial charge on any atom is -0.496 e. The Morgan fingerprint density at radius 1 is 1.05 bits per heavy atom. The van der Waals surface area contributed by atoms with Crippen LogP contribution in [0.25, 0.3) is 5.65 Å². The summed E-state index contributed by atoms with van der Waals surface area (Å²) in [5.41, 5.74) is 6.69. The number of piperidine rings is 1. The van der Waals surface area contributed by atoms with Gasteiger partial charge in [-0.25, -0.2) is 9.50 Å². The Morgan fingerprint density at radius 3 is 2.62 bits per heavy atom. The van der Waals surface area contributed by atoms with Crippen molar-refractivity contribution in [2.24, 2.45) is 10.9 Å². The number of hydrogen-bond acceptors (Lipinski definition) is 6. The van der Waals surface area contributed by atoms with E-state index in [4.69, 9.17) is 14.8 Å². The van der Waals surface area contributed by atoms with Gasteiger partial charge in [0.1, 0.15) is 11.6 Å². The molecule has 0 radical (unpaired) electrons. The fourth-order valence-electron chi connectivity index (χ4n) is 5.86. The summed E-state index contributed by atoms with van der Waals surface area (Å²) < 4.78 is 7.33. The van der Waals surface area contributed by atoms with Crippen molar-refractivity contribution in [3.8, 4) is 5.75 Å². The number of hydrogen-bond donors (Lipinski definition) is 0. The molecule has 2 aliphatic rings. The molecule has 2 aromatic heterocycles. The topological polar surface area (TPSA) is 75.3 Å². The fourth-order valence-corrected chi connectivity index (χ4v) is 5.86. The SMILES string of the molecule is CN=C(C)C1CCN(c2nc3cc(C4CCCCN4C(=O)c4cc(C)c(OC)cc4C)nn3cc2C)C1. The van der Waals surface area contributed by atoms with Crippen molar-refractivity contribution in [3.63, 3.8) is 0 Å². The third-order valence-corrected chi connectivity index (χ3v) is 8.13. The van der Waals surface area contributed by atoms with Crippen LogP contribution >= 0.6 is 0 Å². The Balaban J connectivity index is 1.44. The molecule has 2 fully saturated rings. The minimum atomic E-state index is -0.0619. The number of aryl methyl sites for hydroxylation is 3. The number of amides is 1. The van der Waals surface area contributed by atoms with Gasteiger partial charge < -0.3 is 14.5 Å². The molecule has 0 spiro atoms. The van der Waals surface area contributed by atoms with Crippen molar-refractivity contribution < 1.29 is 9.53 Å². The van der Waals surface area contributed by atoms with Crippen LogP contribution in [0, 0.1) is 26.7 Å². The molecule has 2 unspecified atom stereocenters. The van der Waals surface area contributed by atoms with Crippen LogP contribution in [0.1, 0.15) is 71.4 Å². The summed E-state index contributed by atoms with van der Waals surface area (Å²) in [6.07, 6.45) is 6.15. The first kappa shape index (κ1) is 25.2. The van der Waals surface area contributed by atoms with Crippen LogP contribution in [0.15, 0.2) is 29.4 Å². The lowest BCUT2D eigenvalue weighted by Gasteiger charge is -2.35. The van der Waals surface area contributed by atoms with E-state index in [1.54, 1.807) is 7.11 Å². The maximum atomic E-state index is 13.8. The van der Waals surface area contributed by atoms with Gasteiger partial charge in [0.25, 0.3) is 5.91 Å². The first-order valence-corrected chi connectivity index (χ1v) is 13.3. The molecule has 8 nitrogen and oxygen atoms in total. The number of likely N-dealkylation sites (tertiary alicyclic amines) is 1. The monoisotopic (exact) mass is 502 g/mol. The zero-order valence-corrected chi connectivity index (χ0v) is 22.9. The largest absolute Gasteiger partial charge is 0.496 e. The highest BCUT2D eigenvalue weighted by Gasteiger charge is 2.32. The number of methoxy groups -OCH3 is 1. The van der Waals surface area contributed by atoms with Gasteiger partial charge in [-0.3, -0.25) is 9.79 Å². The van der Waals surface area contributed by atoms with Gasteiger partial charge in [0.2, 0.25) is 0 Å². The van der Waals surface area contributed by atoms with Crippen molar-refractivity contribution in [3.05, 3.63) is 52.3 Å². The van der Waals surface area contributed by atoms with Crippen LogP contribution in [-0.2, 0) is 0 Å². The molecule has 2 saturated heterocycles. The maximum absolute atomic E-state index is 13.8. The molecule has 196 valence electrons. The van der Waals surface area contributed by atoms with Crippen LogP contribution in [0.4, 0.5) is 5.82 Å². The van der Waals surface area contributed by atoms with E-state index in [9.17, 15) is 4.79 Å². The summed E-state index contributed by atoms with van der Waals surface area (Å²) in [5.74, 6) is 2.37. The van der Waals surface area contributed by atoms with Crippen molar-refractivity contribution in [1.82, 2.24) is 19.5 Å². The number of aliphatic imine (C=N–C) groups is 1. The van der Waals surface area contributed by atoms with Gasteiger partial charge in [-0.05, 0) is 76.6 Å². The Morgan fingerprint density at radius 2 is 1.86 bits per heavy atom. The van der Waals surface area contributed by atoms with Crippen molar-refractivity contribution in [1.29, 1.82) is 0 Å². The minimum absolute atomic E-state index is 0.0610. The first-order valence-electron chi connectivity index (χ1n) is 13.3. The second kappa shape index (κ2) is 10.1. The molecule has 0 bridgehead atoms. The number of anilines is 1. The molecule has 8 heteroatoms. The van der Waals surface area contributed by atoms with Gasteiger partial charge in [0.05, 0.1) is 18.8 Å². The number of carbonyl (C=O) groups excluding carboxylic acids is 1. The van der Waals surface area contributed by atoms with Gasteiger partial charge in [0, 0.05) is 61.7 Å². The number of aromatic nitrogens is 3. The van der Waals surface area contributed by atoms with Gasteiger partial charge in [-0.2, -0.15) is 5.10 Å². The second-order valence-electron chi connectivity index (χ2n) is 10.6. The fraction of sp³-hybridized carbons (Fsp3) is 0.517. The number of rotatable bonds is 5. The summed E-state index contributed by atoms with van der Waals surface area (Å²) in [6.45, 7) is 10.8. The second-order valence-corrected chi connectivity index (χ2v) is 10.6. The molecule has 2 atom stereocenters. The molecular weight excluding hydrogens is 464 g/mol. The van der Waals surface area contributed by atoms with E-state index in [2.05, 4.69) is 36.0 Å². The molecule has 1 amide bonds. The van der Waals surface area contributed by atoms with E-state index in [0.717, 1.165) is 90.5 Å². The van der Waals surface area contributed by atoms with E-state index in [1.165, 1.54) is 5.71 Å². The molecule has 4 heterocycles. The number of fused-ring (bicyclic) bond motifs is 1. The number of benzene rings is 1. The zero-order valence-electron chi connectivity index (χ0n) is 22.9. The van der Waals surface area contributed by atoms with E-state index in [0.29, 0.717) is 5.92 Å². The van der Waals surface area contributed by atoms with Gasteiger partial charge in [-0.15, -0.1) is 0 Å². The third kappa shape index (κ3) is 4.69. The third-order valence-electron chi connectivity index (χ3n) is 8.13. The normalized spacial score (nSPS) is 20.6. The highest BCUT2D eigenvalue weighted by Crippen LogP contribution is 2.34. The van der Waals surface area contributed by atoms with Gasteiger partial charge in [0.15, 0.2) is 5.65 Å². The molecule has 0 aliphatic carbocycles.